The van der Waals surface area contributed by atoms with Crippen LogP contribution in [-0.2, 0) is 4.79 Å². The molecule has 2 rings (SSSR count). The highest BCUT2D eigenvalue weighted by Gasteiger charge is 2.35. The Kier molecular flexibility index (Phi) is 3.15. The first-order valence-corrected chi connectivity index (χ1v) is 6.18. The van der Waals surface area contributed by atoms with Crippen LogP contribution in [0.1, 0.15) is 24.8 Å². The minimum absolute atomic E-state index is 0.0141. The van der Waals surface area contributed by atoms with E-state index >= 15 is 0 Å². The first-order chi connectivity index (χ1) is 7.63. The van der Waals surface area contributed by atoms with E-state index in [-0.39, 0.29) is 17.9 Å². The van der Waals surface area contributed by atoms with Crippen LogP contribution >= 0.6 is 15.9 Å². The molecule has 0 aliphatic carbocycles. The third-order valence-electron chi connectivity index (χ3n) is 3.05. The van der Waals surface area contributed by atoms with Gasteiger partial charge in [-0.2, -0.15) is 0 Å². The van der Waals surface area contributed by atoms with Crippen LogP contribution < -0.4 is 5.32 Å². The van der Waals surface area contributed by atoms with Gasteiger partial charge in [0.1, 0.15) is 0 Å². The minimum Gasteiger partial charge on any atom is -0.349 e. The van der Waals surface area contributed by atoms with Gasteiger partial charge in [0.25, 0.3) is 0 Å². The Hall–Kier alpha value is -1.09. The molecule has 2 atom stereocenters. The number of carbonyl (C=O) groups excluding carboxylic acids is 1. The molecule has 1 heterocycles. The first kappa shape index (κ1) is 11.4. The largest absolute Gasteiger partial charge is 0.349 e. The molecule has 0 aromatic heterocycles. The van der Waals surface area contributed by atoms with Crippen molar-refractivity contribution >= 4 is 21.8 Å². The van der Waals surface area contributed by atoms with Gasteiger partial charge in [-0.15, -0.1) is 0 Å². The zero-order chi connectivity index (χ0) is 11.7. The van der Waals surface area contributed by atoms with Gasteiger partial charge in [-0.1, -0.05) is 41.6 Å². The van der Waals surface area contributed by atoms with E-state index in [1.807, 2.05) is 24.3 Å². The number of rotatable bonds is 2. The van der Waals surface area contributed by atoms with Gasteiger partial charge in [0, 0.05) is 22.0 Å². The van der Waals surface area contributed by atoms with Crippen molar-refractivity contribution in [3.8, 4) is 0 Å². The zero-order valence-corrected chi connectivity index (χ0v) is 10.8. The molecule has 0 saturated carbocycles. The van der Waals surface area contributed by atoms with Crippen LogP contribution in [0.3, 0.4) is 0 Å². The fraction of sp³-hybridized carbons (Fsp3) is 0.308. The van der Waals surface area contributed by atoms with Crippen LogP contribution in [0.5, 0.6) is 0 Å². The highest BCUT2D eigenvalue weighted by Crippen LogP contribution is 2.33. The maximum Gasteiger partial charge on any atom is 0.247 e. The predicted octanol–water partition coefficient (Wildman–Crippen LogP) is 3.00. The van der Waals surface area contributed by atoms with E-state index in [4.69, 9.17) is 0 Å². The van der Waals surface area contributed by atoms with Gasteiger partial charge in [0.2, 0.25) is 5.91 Å². The molecule has 16 heavy (non-hydrogen) atoms. The van der Waals surface area contributed by atoms with Gasteiger partial charge in [-0.05, 0) is 24.1 Å². The Bertz CT molecular complexity index is 424. The van der Waals surface area contributed by atoms with Gasteiger partial charge in [0.05, 0.1) is 0 Å². The molecule has 1 N–H and O–H groups in total. The number of halogens is 1. The van der Waals surface area contributed by atoms with Crippen molar-refractivity contribution in [2.75, 3.05) is 0 Å². The Balaban J connectivity index is 2.34. The summed E-state index contributed by atoms with van der Waals surface area (Å²) in [5.74, 6) is 0.102. The van der Waals surface area contributed by atoms with E-state index in [0.29, 0.717) is 5.57 Å². The Morgan fingerprint density at radius 2 is 2.00 bits per heavy atom. The van der Waals surface area contributed by atoms with Crippen LogP contribution in [0.2, 0.25) is 0 Å². The Morgan fingerprint density at radius 3 is 2.56 bits per heavy atom. The van der Waals surface area contributed by atoms with Gasteiger partial charge in [-0.25, -0.2) is 0 Å². The molecular formula is C13H14BrNO. The second kappa shape index (κ2) is 4.42. The smallest absolute Gasteiger partial charge is 0.247 e. The van der Waals surface area contributed by atoms with Crippen molar-refractivity contribution in [1.29, 1.82) is 0 Å². The van der Waals surface area contributed by atoms with Crippen molar-refractivity contribution < 1.29 is 4.79 Å². The lowest BCUT2D eigenvalue weighted by atomic mass is 9.88. The minimum atomic E-state index is -0.0141. The van der Waals surface area contributed by atoms with E-state index in [2.05, 4.69) is 34.7 Å². The monoisotopic (exact) mass is 279 g/mol. The van der Waals surface area contributed by atoms with Crippen molar-refractivity contribution in [2.24, 2.45) is 0 Å². The predicted molar refractivity (Wildman–Crippen MR) is 68.2 cm³/mol. The van der Waals surface area contributed by atoms with Crippen LogP contribution in [-0.4, -0.2) is 11.9 Å². The lowest BCUT2D eigenvalue weighted by Gasteiger charge is -2.17. The van der Waals surface area contributed by atoms with Crippen molar-refractivity contribution in [2.45, 2.75) is 25.3 Å². The maximum atomic E-state index is 11.6. The van der Waals surface area contributed by atoms with Crippen LogP contribution in [0.4, 0.5) is 0 Å². The van der Waals surface area contributed by atoms with E-state index in [1.165, 1.54) is 0 Å². The van der Waals surface area contributed by atoms with E-state index < -0.39 is 0 Å². The van der Waals surface area contributed by atoms with Gasteiger partial charge in [-0.3, -0.25) is 4.79 Å². The van der Waals surface area contributed by atoms with Crippen molar-refractivity contribution in [3.63, 3.8) is 0 Å². The van der Waals surface area contributed by atoms with E-state index in [0.717, 1.165) is 16.5 Å². The molecule has 1 amide bonds. The average molecular weight is 280 g/mol. The second-order valence-corrected chi connectivity index (χ2v) is 4.96. The molecule has 1 fully saturated rings. The molecule has 0 unspecified atom stereocenters. The highest BCUT2D eigenvalue weighted by atomic mass is 79.9. The Morgan fingerprint density at radius 1 is 1.38 bits per heavy atom. The molecule has 0 spiro atoms. The summed E-state index contributed by atoms with van der Waals surface area (Å²) in [4.78, 5) is 11.6. The average Bonchev–Trinajstić information content (AvgIpc) is 2.57. The number of nitrogens with one attached hydrogen (secondary N) is 1. The molecule has 1 aromatic rings. The number of hydrogen-bond acceptors (Lipinski definition) is 1. The molecule has 0 bridgehead atoms. The molecule has 1 aliphatic heterocycles. The summed E-state index contributed by atoms with van der Waals surface area (Å²) in [6.07, 6.45) is 0.922. The standard InChI is InChI=1S/C13H14BrNO/c1-3-11-12(8(2)13(16)15-11)9-4-6-10(14)7-5-9/h4-7,11-12H,2-3H2,1H3,(H,15,16)/t11-,12-/m0/s1. The van der Waals surface area contributed by atoms with Crippen molar-refractivity contribution in [3.05, 3.63) is 46.5 Å². The summed E-state index contributed by atoms with van der Waals surface area (Å²) in [6, 6.07) is 8.27. The lowest BCUT2D eigenvalue weighted by Crippen LogP contribution is -2.27. The molecular weight excluding hydrogens is 266 g/mol. The third-order valence-corrected chi connectivity index (χ3v) is 3.58. The topological polar surface area (TPSA) is 29.1 Å². The Labute approximate surface area is 104 Å². The zero-order valence-electron chi connectivity index (χ0n) is 9.16. The number of hydrogen-bond donors (Lipinski definition) is 1. The molecule has 3 heteroatoms. The normalized spacial score (nSPS) is 24.6. The molecule has 84 valence electrons. The summed E-state index contributed by atoms with van der Waals surface area (Å²) < 4.78 is 1.05. The molecule has 1 saturated heterocycles. The third kappa shape index (κ3) is 1.92. The SMILES string of the molecule is C=C1C(=O)N[C@@H](CC)[C@@H]1c1ccc(Br)cc1. The summed E-state index contributed by atoms with van der Waals surface area (Å²) in [5.41, 5.74) is 1.83. The van der Waals surface area contributed by atoms with E-state index in [1.54, 1.807) is 0 Å². The number of carbonyl (C=O) groups is 1. The fourth-order valence-electron chi connectivity index (χ4n) is 2.17. The number of amides is 1. The first-order valence-electron chi connectivity index (χ1n) is 5.38. The highest BCUT2D eigenvalue weighted by molar-refractivity contribution is 9.10. The molecule has 2 nitrogen and oxygen atoms in total. The van der Waals surface area contributed by atoms with Crippen LogP contribution in [0.15, 0.2) is 40.9 Å². The van der Waals surface area contributed by atoms with Crippen LogP contribution in [0.25, 0.3) is 0 Å². The summed E-state index contributed by atoms with van der Waals surface area (Å²) in [5, 5.41) is 2.97. The van der Waals surface area contributed by atoms with Gasteiger partial charge < -0.3 is 5.32 Å². The maximum absolute atomic E-state index is 11.6. The number of benzene rings is 1. The van der Waals surface area contributed by atoms with Crippen molar-refractivity contribution in [1.82, 2.24) is 5.32 Å². The van der Waals surface area contributed by atoms with Crippen LogP contribution in [0, 0.1) is 0 Å². The summed E-state index contributed by atoms with van der Waals surface area (Å²) in [7, 11) is 0. The summed E-state index contributed by atoms with van der Waals surface area (Å²) >= 11 is 3.41. The fourth-order valence-corrected chi connectivity index (χ4v) is 2.43. The molecule has 1 aromatic carbocycles. The quantitative estimate of drug-likeness (QED) is 0.829. The van der Waals surface area contributed by atoms with Gasteiger partial charge in [0.15, 0.2) is 0 Å². The summed E-state index contributed by atoms with van der Waals surface area (Å²) in [6.45, 7) is 5.97. The van der Waals surface area contributed by atoms with E-state index in [9.17, 15) is 4.79 Å². The molecule has 1 aliphatic rings. The van der Waals surface area contributed by atoms with Gasteiger partial charge >= 0.3 is 0 Å². The second-order valence-electron chi connectivity index (χ2n) is 4.04. The lowest BCUT2D eigenvalue weighted by molar-refractivity contribution is -0.116. The molecule has 0 radical (unpaired) electrons.